The summed E-state index contributed by atoms with van der Waals surface area (Å²) in [6, 6.07) is 8.10. The molecule has 1 aromatic heterocycles. The Bertz CT molecular complexity index is 1130. The molecule has 0 aliphatic carbocycles. The lowest BCUT2D eigenvalue weighted by molar-refractivity contribution is -0.119. The van der Waals surface area contributed by atoms with E-state index < -0.39 is 37.2 Å². The number of nitrogens with zero attached hydrogens (tertiary/aromatic N) is 2. The van der Waals surface area contributed by atoms with E-state index in [4.69, 9.17) is 21.4 Å². The van der Waals surface area contributed by atoms with Crippen molar-refractivity contribution in [2.75, 3.05) is 19.0 Å². The number of rotatable bonds is 9. The van der Waals surface area contributed by atoms with Gasteiger partial charge < -0.3 is 35.6 Å². The lowest BCUT2D eigenvalue weighted by Crippen LogP contribution is -2.46. The maximum atomic E-state index is 14.8. The van der Waals surface area contributed by atoms with E-state index in [1.54, 1.807) is 18.2 Å². The summed E-state index contributed by atoms with van der Waals surface area (Å²) >= 11 is 9.60. The molecular formula is C21H22BrClFN3O6. The summed E-state index contributed by atoms with van der Waals surface area (Å²) in [5, 5.41) is 52.7. The quantitative estimate of drug-likeness (QED) is 0.238. The van der Waals surface area contributed by atoms with E-state index in [1.807, 2.05) is 0 Å². The third-order valence-electron chi connectivity index (χ3n) is 5.05. The molecule has 178 valence electrons. The van der Waals surface area contributed by atoms with Crippen LogP contribution in [0.15, 0.2) is 41.1 Å². The summed E-state index contributed by atoms with van der Waals surface area (Å²) in [6.45, 7) is -0.893. The van der Waals surface area contributed by atoms with Crippen molar-refractivity contribution in [3.05, 3.63) is 51.7 Å². The first-order chi connectivity index (χ1) is 15.7. The molecule has 0 aliphatic rings. The number of nitrogens with one attached hydrogen (secondary N) is 1. The van der Waals surface area contributed by atoms with Gasteiger partial charge in [0.15, 0.2) is 6.17 Å². The van der Waals surface area contributed by atoms with Crippen LogP contribution >= 0.6 is 27.5 Å². The molecule has 0 aliphatic heterocycles. The van der Waals surface area contributed by atoms with E-state index in [2.05, 4.69) is 31.2 Å². The summed E-state index contributed by atoms with van der Waals surface area (Å²) in [5.41, 5.74) is 0.855. The molecule has 1 heterocycles. The van der Waals surface area contributed by atoms with Crippen LogP contribution in [-0.4, -0.2) is 73.7 Å². The van der Waals surface area contributed by atoms with Crippen LogP contribution in [0.2, 0.25) is 5.02 Å². The number of ether oxygens (including phenoxy) is 1. The second-order valence-corrected chi connectivity index (χ2v) is 8.53. The van der Waals surface area contributed by atoms with Crippen LogP contribution < -0.4 is 10.1 Å². The summed E-state index contributed by atoms with van der Waals surface area (Å²) in [5.74, 6) is 0.448. The van der Waals surface area contributed by atoms with Gasteiger partial charge >= 0.3 is 0 Å². The van der Waals surface area contributed by atoms with Gasteiger partial charge in [-0.1, -0.05) is 27.5 Å². The van der Waals surface area contributed by atoms with Gasteiger partial charge in [0.1, 0.15) is 42.3 Å². The van der Waals surface area contributed by atoms with E-state index in [1.165, 1.54) is 25.6 Å². The molecule has 0 radical (unpaired) electrons. The molecule has 0 saturated heterocycles. The Morgan fingerprint density at radius 2 is 1.85 bits per heavy atom. The highest BCUT2D eigenvalue weighted by Crippen LogP contribution is 2.37. The van der Waals surface area contributed by atoms with Gasteiger partial charge in [0.2, 0.25) is 0 Å². The van der Waals surface area contributed by atoms with Crippen LogP contribution in [0.4, 0.5) is 15.9 Å². The van der Waals surface area contributed by atoms with E-state index in [0.29, 0.717) is 27.4 Å². The van der Waals surface area contributed by atoms with Crippen molar-refractivity contribution < 1.29 is 34.7 Å². The first-order valence-electron chi connectivity index (χ1n) is 9.69. The molecule has 5 atom stereocenters. The molecule has 3 rings (SSSR count). The number of aliphatic hydroxyl groups excluding tert-OH is 5. The number of alkyl halides is 1. The van der Waals surface area contributed by atoms with Gasteiger partial charge in [-0.05, 0) is 30.3 Å². The number of halogens is 3. The van der Waals surface area contributed by atoms with Crippen molar-refractivity contribution in [1.82, 2.24) is 9.97 Å². The zero-order valence-corrected chi connectivity index (χ0v) is 19.6. The van der Waals surface area contributed by atoms with Crippen LogP contribution in [0, 0.1) is 0 Å². The molecule has 33 heavy (non-hydrogen) atoms. The maximum Gasteiger partial charge on any atom is 0.159 e. The summed E-state index contributed by atoms with van der Waals surface area (Å²) in [6.07, 6.45) is -9.05. The minimum atomic E-state index is -2.41. The van der Waals surface area contributed by atoms with Crippen molar-refractivity contribution in [3.8, 4) is 5.75 Å². The van der Waals surface area contributed by atoms with E-state index in [9.17, 15) is 24.8 Å². The fraction of sp³-hybridized carbons (Fsp3) is 0.333. The molecule has 1 unspecified atom stereocenters. The van der Waals surface area contributed by atoms with Crippen molar-refractivity contribution in [2.45, 2.75) is 30.6 Å². The van der Waals surface area contributed by atoms with E-state index in [-0.39, 0.29) is 11.3 Å². The van der Waals surface area contributed by atoms with Crippen molar-refractivity contribution >= 4 is 49.9 Å². The van der Waals surface area contributed by atoms with Gasteiger partial charge in [0.05, 0.1) is 29.9 Å². The van der Waals surface area contributed by atoms with Gasteiger partial charge in [-0.2, -0.15) is 0 Å². The fourth-order valence-corrected chi connectivity index (χ4v) is 3.93. The zero-order chi connectivity index (χ0) is 24.3. The average Bonchev–Trinajstić information content (AvgIpc) is 2.82. The monoisotopic (exact) mass is 545 g/mol. The topological polar surface area (TPSA) is 148 Å². The number of methoxy groups -OCH3 is 1. The molecule has 2 aromatic carbocycles. The molecule has 6 N–H and O–H groups in total. The Balaban J connectivity index is 1.98. The Morgan fingerprint density at radius 1 is 1.12 bits per heavy atom. The minimum absolute atomic E-state index is 0.0476. The Labute approximate surface area is 201 Å². The first-order valence-corrected chi connectivity index (χ1v) is 10.9. The van der Waals surface area contributed by atoms with Gasteiger partial charge in [-0.15, -0.1) is 0 Å². The molecule has 3 aromatic rings. The number of hydrogen-bond acceptors (Lipinski definition) is 9. The van der Waals surface area contributed by atoms with Gasteiger partial charge in [0, 0.05) is 15.4 Å². The van der Waals surface area contributed by atoms with Gasteiger partial charge in [-0.3, -0.25) is 0 Å². The average molecular weight is 547 g/mol. The Morgan fingerprint density at radius 3 is 2.48 bits per heavy atom. The molecule has 0 spiro atoms. The van der Waals surface area contributed by atoms with Crippen LogP contribution in [0.1, 0.15) is 11.7 Å². The number of anilines is 2. The predicted molar refractivity (Wildman–Crippen MR) is 123 cm³/mol. The SMILES string of the molecule is COc1cc2c(Nc3ccc(Br)cc3Cl)ncnc2cc1C(O)[C@@H](F)[C@H](O)[C@@H](O)[C@H](O)CO. The molecular weight excluding hydrogens is 525 g/mol. The summed E-state index contributed by atoms with van der Waals surface area (Å²) in [4.78, 5) is 8.38. The molecule has 0 saturated carbocycles. The summed E-state index contributed by atoms with van der Waals surface area (Å²) in [7, 11) is 1.31. The van der Waals surface area contributed by atoms with Crippen LogP contribution in [-0.2, 0) is 0 Å². The third kappa shape index (κ3) is 5.52. The van der Waals surface area contributed by atoms with Crippen LogP contribution in [0.25, 0.3) is 10.9 Å². The number of fused-ring (bicyclic) bond motifs is 1. The lowest BCUT2D eigenvalue weighted by atomic mass is 9.95. The van der Waals surface area contributed by atoms with E-state index >= 15 is 0 Å². The molecule has 0 amide bonds. The van der Waals surface area contributed by atoms with Crippen molar-refractivity contribution in [1.29, 1.82) is 0 Å². The second kappa shape index (κ2) is 10.9. The van der Waals surface area contributed by atoms with Crippen LogP contribution in [0.3, 0.4) is 0 Å². The predicted octanol–water partition coefficient (Wildman–Crippen LogP) is 2.24. The Kier molecular flexibility index (Phi) is 8.40. The van der Waals surface area contributed by atoms with Crippen molar-refractivity contribution in [2.24, 2.45) is 0 Å². The lowest BCUT2D eigenvalue weighted by Gasteiger charge is -2.27. The zero-order valence-electron chi connectivity index (χ0n) is 17.2. The number of benzene rings is 2. The normalized spacial score (nSPS) is 16.2. The minimum Gasteiger partial charge on any atom is -0.496 e. The third-order valence-corrected chi connectivity index (χ3v) is 5.85. The van der Waals surface area contributed by atoms with Gasteiger partial charge in [-0.25, -0.2) is 14.4 Å². The molecule has 12 heteroatoms. The van der Waals surface area contributed by atoms with Crippen molar-refractivity contribution in [3.63, 3.8) is 0 Å². The largest absolute Gasteiger partial charge is 0.496 e. The molecule has 0 bridgehead atoms. The van der Waals surface area contributed by atoms with Crippen LogP contribution in [0.5, 0.6) is 5.75 Å². The molecule has 0 fully saturated rings. The van der Waals surface area contributed by atoms with E-state index in [0.717, 1.165) is 4.47 Å². The highest BCUT2D eigenvalue weighted by atomic mass is 79.9. The smallest absolute Gasteiger partial charge is 0.159 e. The highest BCUT2D eigenvalue weighted by Gasteiger charge is 2.37. The number of hydrogen-bond donors (Lipinski definition) is 6. The standard InChI is InChI=1S/C21H22BrClFN3O6/c1-33-16-6-10-14(5-11(16)18(30)17(24)20(32)19(31)15(29)7-28)25-8-26-21(10)27-13-3-2-9(22)4-12(13)23/h2-6,8,15,17-20,28-32H,7H2,1H3,(H,25,26,27)/t15-,17-,18?,19+,20+/m1/s1. The Hall–Kier alpha value is -2.12. The number of aliphatic hydroxyl groups is 5. The highest BCUT2D eigenvalue weighted by molar-refractivity contribution is 9.10. The van der Waals surface area contributed by atoms with Gasteiger partial charge in [0.25, 0.3) is 0 Å². The maximum absolute atomic E-state index is 14.8. The number of aromatic nitrogens is 2. The first kappa shape index (κ1) is 25.5. The fourth-order valence-electron chi connectivity index (χ4n) is 3.21. The molecule has 9 nitrogen and oxygen atoms in total. The second-order valence-electron chi connectivity index (χ2n) is 7.20. The summed E-state index contributed by atoms with van der Waals surface area (Å²) < 4.78 is 20.9.